The standard InChI is InChI=1S/C14H23N5O2/c1-18(2)14(21)12-5-6-13(17-16-12)19(8-9-20)10-11-4-3-7-15-11/h5-6,11,15,20H,3-4,7-10H2,1-2H3. The third kappa shape index (κ3) is 4.12. The van der Waals surface area contributed by atoms with Gasteiger partial charge in [0.05, 0.1) is 6.61 Å². The molecule has 0 aromatic carbocycles. The zero-order valence-corrected chi connectivity index (χ0v) is 12.6. The number of anilines is 1. The lowest BCUT2D eigenvalue weighted by atomic mass is 10.2. The van der Waals surface area contributed by atoms with Crippen molar-refractivity contribution in [2.24, 2.45) is 0 Å². The summed E-state index contributed by atoms with van der Waals surface area (Å²) in [6, 6.07) is 3.88. The number of nitrogens with zero attached hydrogens (tertiary/aromatic N) is 4. The van der Waals surface area contributed by atoms with Gasteiger partial charge in [0.15, 0.2) is 11.5 Å². The molecule has 0 radical (unpaired) electrons. The number of carbonyl (C=O) groups is 1. The second-order valence-electron chi connectivity index (χ2n) is 5.44. The van der Waals surface area contributed by atoms with Crippen molar-refractivity contribution in [3.05, 3.63) is 17.8 Å². The molecular formula is C14H23N5O2. The number of aromatic nitrogens is 2. The minimum absolute atomic E-state index is 0.0623. The van der Waals surface area contributed by atoms with Gasteiger partial charge in [-0.05, 0) is 31.5 Å². The number of aliphatic hydroxyl groups is 1. The number of nitrogens with one attached hydrogen (secondary N) is 1. The molecule has 21 heavy (non-hydrogen) atoms. The zero-order chi connectivity index (χ0) is 15.2. The molecule has 1 aliphatic heterocycles. The van der Waals surface area contributed by atoms with Crippen LogP contribution < -0.4 is 10.2 Å². The second-order valence-corrected chi connectivity index (χ2v) is 5.44. The van der Waals surface area contributed by atoms with E-state index in [0.29, 0.717) is 24.1 Å². The van der Waals surface area contributed by atoms with E-state index in [1.54, 1.807) is 26.2 Å². The van der Waals surface area contributed by atoms with Crippen molar-refractivity contribution in [3.63, 3.8) is 0 Å². The fourth-order valence-corrected chi connectivity index (χ4v) is 2.44. The fourth-order valence-electron chi connectivity index (χ4n) is 2.44. The van der Waals surface area contributed by atoms with Gasteiger partial charge in [-0.1, -0.05) is 0 Å². The molecule has 1 fully saturated rings. The summed E-state index contributed by atoms with van der Waals surface area (Å²) >= 11 is 0. The van der Waals surface area contributed by atoms with Gasteiger partial charge in [-0.25, -0.2) is 0 Å². The Hall–Kier alpha value is -1.73. The van der Waals surface area contributed by atoms with Gasteiger partial charge in [0.25, 0.3) is 5.91 Å². The van der Waals surface area contributed by atoms with Crippen LogP contribution in [0.1, 0.15) is 23.3 Å². The Balaban J connectivity index is 2.07. The lowest BCUT2D eigenvalue weighted by Crippen LogP contribution is -2.39. The summed E-state index contributed by atoms with van der Waals surface area (Å²) in [5.74, 6) is 0.522. The largest absolute Gasteiger partial charge is 0.395 e. The minimum atomic E-state index is -0.166. The van der Waals surface area contributed by atoms with Gasteiger partial charge in [0.1, 0.15) is 0 Å². The molecule has 1 aromatic heterocycles. The lowest BCUT2D eigenvalue weighted by Gasteiger charge is -2.25. The zero-order valence-electron chi connectivity index (χ0n) is 12.6. The summed E-state index contributed by atoms with van der Waals surface area (Å²) in [6.07, 6.45) is 2.31. The van der Waals surface area contributed by atoms with Crippen LogP contribution in [0.3, 0.4) is 0 Å². The van der Waals surface area contributed by atoms with Gasteiger partial charge in [-0.2, -0.15) is 0 Å². The van der Waals surface area contributed by atoms with Crippen molar-refractivity contribution in [2.75, 3.05) is 45.2 Å². The van der Waals surface area contributed by atoms with Gasteiger partial charge in [0.2, 0.25) is 0 Å². The molecule has 2 N–H and O–H groups in total. The first kappa shape index (κ1) is 15.7. The highest BCUT2D eigenvalue weighted by atomic mass is 16.3. The van der Waals surface area contributed by atoms with Crippen LogP contribution in [0.15, 0.2) is 12.1 Å². The van der Waals surface area contributed by atoms with Gasteiger partial charge < -0.3 is 20.2 Å². The Kier molecular flexibility index (Phi) is 5.46. The van der Waals surface area contributed by atoms with Crippen LogP contribution in [0.4, 0.5) is 5.82 Å². The Morgan fingerprint density at radius 1 is 1.43 bits per heavy atom. The first-order valence-electron chi connectivity index (χ1n) is 7.26. The van der Waals surface area contributed by atoms with E-state index in [4.69, 9.17) is 0 Å². The molecule has 1 amide bonds. The van der Waals surface area contributed by atoms with E-state index in [-0.39, 0.29) is 12.5 Å². The van der Waals surface area contributed by atoms with E-state index >= 15 is 0 Å². The summed E-state index contributed by atoms with van der Waals surface area (Å²) in [4.78, 5) is 15.3. The average Bonchev–Trinajstić information content (AvgIpc) is 2.99. The maximum atomic E-state index is 11.8. The molecule has 116 valence electrons. The third-order valence-corrected chi connectivity index (χ3v) is 3.57. The molecule has 0 bridgehead atoms. The third-order valence-electron chi connectivity index (χ3n) is 3.57. The van der Waals surface area contributed by atoms with Crippen molar-refractivity contribution < 1.29 is 9.90 Å². The molecule has 7 nitrogen and oxygen atoms in total. The van der Waals surface area contributed by atoms with E-state index in [2.05, 4.69) is 15.5 Å². The number of hydrogen-bond acceptors (Lipinski definition) is 6. The molecule has 7 heteroatoms. The summed E-state index contributed by atoms with van der Waals surface area (Å²) < 4.78 is 0. The first-order chi connectivity index (χ1) is 10.1. The predicted molar refractivity (Wildman–Crippen MR) is 80.4 cm³/mol. The van der Waals surface area contributed by atoms with Gasteiger partial charge >= 0.3 is 0 Å². The fraction of sp³-hybridized carbons (Fsp3) is 0.643. The number of carbonyl (C=O) groups excluding carboxylic acids is 1. The number of aliphatic hydroxyl groups excluding tert-OH is 1. The monoisotopic (exact) mass is 293 g/mol. The number of rotatable bonds is 6. The summed E-state index contributed by atoms with van der Waals surface area (Å²) in [6.45, 7) is 2.40. The van der Waals surface area contributed by atoms with Crippen LogP contribution in [0.25, 0.3) is 0 Å². The van der Waals surface area contributed by atoms with Gasteiger partial charge in [-0.15, -0.1) is 10.2 Å². The van der Waals surface area contributed by atoms with Crippen LogP contribution in [0.2, 0.25) is 0 Å². The average molecular weight is 293 g/mol. The van der Waals surface area contributed by atoms with E-state index in [1.807, 2.05) is 4.90 Å². The van der Waals surface area contributed by atoms with Gasteiger partial charge in [-0.3, -0.25) is 4.79 Å². The SMILES string of the molecule is CN(C)C(=O)c1ccc(N(CCO)CC2CCCN2)nn1. The molecule has 2 rings (SSSR count). The second kappa shape index (κ2) is 7.33. The lowest BCUT2D eigenvalue weighted by molar-refractivity contribution is 0.0821. The van der Waals surface area contributed by atoms with Crippen molar-refractivity contribution >= 4 is 11.7 Å². The Bertz CT molecular complexity index is 457. The maximum absolute atomic E-state index is 11.8. The Labute approximate surface area is 125 Å². The molecule has 1 atom stereocenters. The van der Waals surface area contributed by atoms with Crippen molar-refractivity contribution in [3.8, 4) is 0 Å². The molecule has 1 unspecified atom stereocenters. The summed E-state index contributed by atoms with van der Waals surface area (Å²) in [5, 5.41) is 20.8. The van der Waals surface area contributed by atoms with Crippen molar-refractivity contribution in [2.45, 2.75) is 18.9 Å². The molecule has 0 aliphatic carbocycles. The predicted octanol–water partition coefficient (Wildman–Crippen LogP) is -0.271. The van der Waals surface area contributed by atoms with E-state index in [0.717, 1.165) is 19.5 Å². The van der Waals surface area contributed by atoms with Crippen LogP contribution in [-0.4, -0.2) is 72.5 Å². The van der Waals surface area contributed by atoms with E-state index in [1.165, 1.54) is 11.3 Å². The number of hydrogen-bond donors (Lipinski definition) is 2. The highest BCUT2D eigenvalue weighted by Crippen LogP contribution is 2.14. The highest BCUT2D eigenvalue weighted by Gasteiger charge is 2.19. The smallest absolute Gasteiger partial charge is 0.273 e. The molecule has 1 aliphatic rings. The molecule has 1 aromatic rings. The van der Waals surface area contributed by atoms with Crippen molar-refractivity contribution in [1.82, 2.24) is 20.4 Å². The van der Waals surface area contributed by atoms with Crippen LogP contribution in [-0.2, 0) is 0 Å². The van der Waals surface area contributed by atoms with Crippen LogP contribution >= 0.6 is 0 Å². The number of amides is 1. The maximum Gasteiger partial charge on any atom is 0.273 e. The van der Waals surface area contributed by atoms with Crippen LogP contribution in [0, 0.1) is 0 Å². The molecule has 0 saturated carbocycles. The summed E-state index contributed by atoms with van der Waals surface area (Å²) in [7, 11) is 3.36. The molecule has 0 spiro atoms. The molecular weight excluding hydrogens is 270 g/mol. The molecule has 2 heterocycles. The van der Waals surface area contributed by atoms with Gasteiger partial charge in [0, 0.05) is 33.2 Å². The topological polar surface area (TPSA) is 81.6 Å². The van der Waals surface area contributed by atoms with Crippen LogP contribution in [0.5, 0.6) is 0 Å². The quantitative estimate of drug-likeness (QED) is 0.751. The first-order valence-corrected chi connectivity index (χ1v) is 7.26. The van der Waals surface area contributed by atoms with E-state index < -0.39 is 0 Å². The Morgan fingerprint density at radius 2 is 2.24 bits per heavy atom. The van der Waals surface area contributed by atoms with Crippen molar-refractivity contribution in [1.29, 1.82) is 0 Å². The minimum Gasteiger partial charge on any atom is -0.395 e. The molecule has 1 saturated heterocycles. The van der Waals surface area contributed by atoms with E-state index in [9.17, 15) is 9.90 Å². The summed E-state index contributed by atoms with van der Waals surface area (Å²) in [5.41, 5.74) is 0.326. The normalized spacial score (nSPS) is 17.8. The highest BCUT2D eigenvalue weighted by molar-refractivity contribution is 5.91. The Morgan fingerprint density at radius 3 is 2.76 bits per heavy atom.